The van der Waals surface area contributed by atoms with Gasteiger partial charge in [-0.05, 0) is 0 Å². The van der Waals surface area contributed by atoms with Crippen LogP contribution in [0.15, 0.2) is 24.3 Å². The summed E-state index contributed by atoms with van der Waals surface area (Å²) in [5.41, 5.74) is 3.18. The minimum absolute atomic E-state index is 0.894. The summed E-state index contributed by atoms with van der Waals surface area (Å²) in [6.07, 6.45) is 1.53. The van der Waals surface area contributed by atoms with Gasteiger partial charge < -0.3 is 0 Å². The first-order chi connectivity index (χ1) is 9.40. The number of alkyl halides is 1. The van der Waals surface area contributed by atoms with Gasteiger partial charge in [0.05, 0.1) is 0 Å². The fourth-order valence-electron chi connectivity index (χ4n) is 18.3. The summed E-state index contributed by atoms with van der Waals surface area (Å²) < 4.78 is 1.90. The molecule has 1 spiro atoms. The van der Waals surface area contributed by atoms with Gasteiger partial charge >= 0.3 is 117 Å². The van der Waals surface area contributed by atoms with Crippen molar-refractivity contribution in [3.63, 3.8) is 0 Å². The van der Waals surface area contributed by atoms with E-state index < -0.39 is 6.51 Å². The fraction of sp³-hybridized carbons (Fsp3) is 0.667. The molecule has 8 atom stereocenters. The van der Waals surface area contributed by atoms with E-state index in [2.05, 4.69) is 47.1 Å². The Balaban J connectivity index is 1.37. The van der Waals surface area contributed by atoms with Crippen LogP contribution in [0.3, 0.4) is 0 Å². The topological polar surface area (TPSA) is 0 Å². The van der Waals surface area contributed by atoms with Crippen molar-refractivity contribution in [3.05, 3.63) is 35.4 Å². The third-order valence-electron chi connectivity index (χ3n) is 16.5. The fourth-order valence-corrected chi connectivity index (χ4v) is 106. The van der Waals surface area contributed by atoms with Gasteiger partial charge in [-0.2, -0.15) is 0 Å². The average molecular weight is 369 g/mol. The number of hydrogen-bond donors (Lipinski definition) is 0. The molecule has 8 unspecified atom stereocenters. The molecule has 0 N–H and O–H groups in total. The van der Waals surface area contributed by atoms with E-state index in [0.717, 1.165) is 7.54 Å². The predicted molar refractivity (Wildman–Crippen MR) is 79.2 cm³/mol. The first-order valence-corrected chi connectivity index (χ1v) is 15.4. The van der Waals surface area contributed by atoms with Crippen molar-refractivity contribution in [2.24, 2.45) is 0 Å². The number of aryl methyl sites for hydroxylation is 1. The standard InChI is InChI=1S/C13H13.C5H4Br.Fe/c1-11-5-4-8-13(9-11)10-12-6-2-3-7-12;6-5-3-1-2-4-5;/h2-9H,10H2,1H3;1-4H;. The Labute approximate surface area is 117 Å². The van der Waals surface area contributed by atoms with Gasteiger partial charge in [0.15, 0.2) is 0 Å². The van der Waals surface area contributed by atoms with Gasteiger partial charge in [-0.15, -0.1) is 0 Å². The number of rotatable bonds is 2. The first kappa shape index (κ1) is 8.18. The van der Waals surface area contributed by atoms with Gasteiger partial charge in [-0.1, -0.05) is 0 Å². The average Bonchev–Trinajstić information content (AvgIpc) is 3.35. The van der Waals surface area contributed by atoms with Crippen molar-refractivity contribution in [2.75, 3.05) is 0 Å². The summed E-state index contributed by atoms with van der Waals surface area (Å²) in [6, 6.07) is 9.53. The van der Waals surface area contributed by atoms with Crippen LogP contribution >= 0.6 is 15.9 Å². The Morgan fingerprint density at radius 1 is 1.05 bits per heavy atom. The second kappa shape index (κ2) is 0.750. The molecule has 0 aliphatic carbocycles. The van der Waals surface area contributed by atoms with E-state index in [-0.39, 0.29) is 0 Å². The van der Waals surface area contributed by atoms with Gasteiger partial charge in [-0.3, -0.25) is 0 Å². The van der Waals surface area contributed by atoms with Crippen molar-refractivity contribution < 1.29 is 6.51 Å². The molecule has 11 rings (SSSR count). The third kappa shape index (κ3) is 0.0928. The minimum atomic E-state index is -3.02. The molecule has 10 heterocycles. The van der Waals surface area contributed by atoms with Gasteiger partial charge in [0.1, 0.15) is 0 Å². The van der Waals surface area contributed by atoms with Crippen LogP contribution in [0.5, 0.6) is 0 Å². The second-order valence-corrected chi connectivity index (χ2v) is 37.3. The molecular formula is C18H17BrFe. The zero-order valence-corrected chi connectivity index (χ0v) is 14.1. The number of hydrogen-bond acceptors (Lipinski definition) is 0. The molecule has 10 aliphatic rings. The summed E-state index contributed by atoms with van der Waals surface area (Å²) in [6.45, 7) is -0.751. The van der Waals surface area contributed by atoms with E-state index in [1.54, 1.807) is 5.56 Å². The van der Waals surface area contributed by atoms with Crippen LogP contribution in [-0.4, -0.2) is 3.22 Å². The van der Waals surface area contributed by atoms with Gasteiger partial charge in [-0.25, -0.2) is 0 Å². The Bertz CT molecular complexity index is 1250. The molecule has 10 fully saturated rings. The van der Waals surface area contributed by atoms with Crippen LogP contribution in [0.25, 0.3) is 0 Å². The van der Waals surface area contributed by atoms with E-state index in [0.29, 0.717) is 0 Å². The molecule has 1 aromatic rings. The predicted octanol–water partition coefficient (Wildman–Crippen LogP) is 5.60. The zero-order chi connectivity index (χ0) is 12.6. The molecule has 0 saturated carbocycles. The van der Waals surface area contributed by atoms with Crippen molar-refractivity contribution in [1.82, 2.24) is 0 Å². The molecule has 0 nitrogen and oxygen atoms in total. The second-order valence-electron chi connectivity index (χ2n) is 12.0. The van der Waals surface area contributed by atoms with Crippen molar-refractivity contribution in [1.29, 1.82) is 0 Å². The van der Waals surface area contributed by atoms with Gasteiger partial charge in [0.25, 0.3) is 0 Å². The molecule has 104 valence electrons. The van der Waals surface area contributed by atoms with Gasteiger partial charge in [0, 0.05) is 0 Å². The SMILES string of the molecule is Cc1cccc(C[C]23[CH]4[CH]5[CH]6[CH]2[Fe]56432789[CH]3[CH]2[CH]7[C]8(Br)[CH]39)c1. The van der Waals surface area contributed by atoms with Crippen LogP contribution in [0.4, 0.5) is 0 Å². The van der Waals surface area contributed by atoms with E-state index >= 15 is 0 Å². The maximum atomic E-state index is 4.49. The summed E-state index contributed by atoms with van der Waals surface area (Å²) in [7, 11) is 0. The van der Waals surface area contributed by atoms with Crippen LogP contribution < -0.4 is 0 Å². The molecule has 0 radical (unpaired) electrons. The van der Waals surface area contributed by atoms with E-state index in [4.69, 9.17) is 0 Å². The summed E-state index contributed by atoms with van der Waals surface area (Å²) in [4.78, 5) is 11.2. The Hall–Kier alpha value is 0.219. The maximum absolute atomic E-state index is 4.49. The van der Waals surface area contributed by atoms with E-state index in [1.807, 2.05) is 0 Å². The van der Waals surface area contributed by atoms with Crippen LogP contribution in [0.1, 0.15) is 11.1 Å². The summed E-state index contributed by atoms with van der Waals surface area (Å²) >= 11 is 4.49. The molecule has 20 heavy (non-hydrogen) atoms. The van der Waals surface area contributed by atoms with Crippen molar-refractivity contribution in [3.8, 4) is 0 Å². The molecule has 1 aromatic carbocycles. The molecule has 2 heteroatoms. The quantitative estimate of drug-likeness (QED) is 0.470. The van der Waals surface area contributed by atoms with E-state index in [9.17, 15) is 0 Å². The van der Waals surface area contributed by atoms with Crippen molar-refractivity contribution in [2.45, 2.75) is 59.4 Å². The Morgan fingerprint density at radius 3 is 2.10 bits per heavy atom. The summed E-state index contributed by atoms with van der Waals surface area (Å²) in [5, 5.41) is 0. The summed E-state index contributed by atoms with van der Waals surface area (Å²) in [5.74, 6) is 0. The Kier molecular flexibility index (Phi) is 0.307. The van der Waals surface area contributed by atoms with Crippen LogP contribution in [0, 0.1) is 6.92 Å². The molecule has 0 aromatic heterocycles. The number of benzene rings is 1. The molecule has 0 bridgehead atoms. The molecular weight excluding hydrogens is 352 g/mol. The van der Waals surface area contributed by atoms with Crippen LogP contribution in [-0.2, 0) is 12.9 Å². The van der Waals surface area contributed by atoms with Gasteiger partial charge in [0.2, 0.25) is 0 Å². The third-order valence-corrected chi connectivity index (χ3v) is 66.9. The zero-order valence-electron chi connectivity index (χ0n) is 11.4. The normalized spacial score (nSPS) is 107. The molecule has 0 amide bonds. The van der Waals surface area contributed by atoms with E-state index in [1.165, 1.54) is 50.5 Å². The Morgan fingerprint density at radius 2 is 1.70 bits per heavy atom. The van der Waals surface area contributed by atoms with Crippen LogP contribution in [0.2, 0.25) is 42.8 Å². The number of halogens is 1. The van der Waals surface area contributed by atoms with Crippen molar-refractivity contribution >= 4 is 15.9 Å². The monoisotopic (exact) mass is 368 g/mol. The number of fused-ring (bicyclic) bond motifs is 10. The molecule has 10 saturated heterocycles. The molecule has 10 aliphatic heterocycles. The first-order valence-electron chi connectivity index (χ1n) is 8.36.